The molecule has 2 aromatic rings. The van der Waals surface area contributed by atoms with Crippen LogP contribution in [0.5, 0.6) is 0 Å². The van der Waals surface area contributed by atoms with Gasteiger partial charge in [0, 0.05) is 30.3 Å². The van der Waals surface area contributed by atoms with Crippen molar-refractivity contribution in [3.8, 4) is 0 Å². The summed E-state index contributed by atoms with van der Waals surface area (Å²) in [7, 11) is 0. The fourth-order valence-electron chi connectivity index (χ4n) is 1.55. The van der Waals surface area contributed by atoms with Crippen LogP contribution in [0.4, 0.5) is 5.82 Å². The molecule has 0 radical (unpaired) electrons. The van der Waals surface area contributed by atoms with E-state index in [4.69, 9.17) is 0 Å². The number of rotatable bonds is 2. The Labute approximate surface area is 99.7 Å². The average Bonchev–Trinajstić information content (AvgIpc) is 2.72. The highest BCUT2D eigenvalue weighted by Gasteiger charge is 2.16. The Morgan fingerprint density at radius 2 is 1.82 bits per heavy atom. The first-order valence-corrected chi connectivity index (χ1v) is 5.46. The monoisotopic (exact) mass is 232 g/mol. The second-order valence-corrected chi connectivity index (χ2v) is 4.82. The number of nitrogens with one attached hydrogen (secondary N) is 1. The quantitative estimate of drug-likeness (QED) is 0.857. The molecule has 0 aliphatic carbocycles. The number of hydrogen-bond acceptors (Lipinski definition) is 3. The van der Waals surface area contributed by atoms with Crippen LogP contribution in [-0.4, -0.2) is 14.2 Å². The van der Waals surface area contributed by atoms with E-state index in [2.05, 4.69) is 10.4 Å². The molecule has 2 rings (SSSR count). The maximum absolute atomic E-state index is 12.2. The first-order chi connectivity index (χ1) is 7.98. The van der Waals surface area contributed by atoms with Crippen LogP contribution in [0.2, 0.25) is 0 Å². The van der Waals surface area contributed by atoms with Crippen LogP contribution in [0.15, 0.2) is 41.7 Å². The van der Waals surface area contributed by atoms with Gasteiger partial charge in [-0.05, 0) is 32.9 Å². The minimum Gasteiger partial charge on any atom is -0.306 e. The molecule has 1 N–H and O–H groups in total. The molecule has 90 valence electrons. The van der Waals surface area contributed by atoms with Crippen molar-refractivity contribution in [3.63, 3.8) is 0 Å². The Balaban J connectivity index is 2.40. The zero-order valence-electron chi connectivity index (χ0n) is 10.2. The van der Waals surface area contributed by atoms with Gasteiger partial charge in [-0.3, -0.25) is 14.9 Å². The SMILES string of the molecule is CC(C)(C)n1ccnc(Nn2cccc2)c1=O. The first kappa shape index (κ1) is 11.4. The first-order valence-electron chi connectivity index (χ1n) is 5.46. The Morgan fingerprint density at radius 3 is 2.41 bits per heavy atom. The Bertz CT molecular complexity index is 549. The van der Waals surface area contributed by atoms with E-state index in [9.17, 15) is 4.79 Å². The molecule has 0 amide bonds. The average molecular weight is 232 g/mol. The maximum Gasteiger partial charge on any atom is 0.295 e. The molecule has 0 spiro atoms. The van der Waals surface area contributed by atoms with Gasteiger partial charge in [-0.2, -0.15) is 0 Å². The zero-order chi connectivity index (χ0) is 12.5. The Morgan fingerprint density at radius 1 is 1.18 bits per heavy atom. The van der Waals surface area contributed by atoms with E-state index in [1.807, 2.05) is 45.3 Å². The Kier molecular flexibility index (Phi) is 2.75. The third-order valence-electron chi connectivity index (χ3n) is 2.40. The molecule has 0 aliphatic rings. The van der Waals surface area contributed by atoms with Crippen molar-refractivity contribution in [1.82, 2.24) is 14.2 Å². The molecule has 0 bridgehead atoms. The lowest BCUT2D eigenvalue weighted by Crippen LogP contribution is -2.35. The predicted molar refractivity (Wildman–Crippen MR) is 66.9 cm³/mol. The van der Waals surface area contributed by atoms with Gasteiger partial charge in [0.25, 0.3) is 5.56 Å². The Hall–Kier alpha value is -2.04. The second kappa shape index (κ2) is 4.08. The van der Waals surface area contributed by atoms with Gasteiger partial charge in [-0.15, -0.1) is 0 Å². The van der Waals surface area contributed by atoms with Gasteiger partial charge in [0.15, 0.2) is 0 Å². The van der Waals surface area contributed by atoms with E-state index in [-0.39, 0.29) is 11.1 Å². The fourth-order valence-corrected chi connectivity index (χ4v) is 1.55. The van der Waals surface area contributed by atoms with Crippen LogP contribution < -0.4 is 11.0 Å². The molecule has 0 saturated carbocycles. The van der Waals surface area contributed by atoms with Gasteiger partial charge in [0.1, 0.15) is 0 Å². The third-order valence-corrected chi connectivity index (χ3v) is 2.40. The lowest BCUT2D eigenvalue weighted by Gasteiger charge is -2.22. The van der Waals surface area contributed by atoms with Crippen LogP contribution in [-0.2, 0) is 5.54 Å². The predicted octanol–water partition coefficient (Wildman–Crippen LogP) is 1.67. The van der Waals surface area contributed by atoms with Crippen molar-refractivity contribution in [2.75, 3.05) is 5.43 Å². The number of anilines is 1. The molecule has 0 aliphatic heterocycles. The van der Waals surface area contributed by atoms with E-state index in [0.29, 0.717) is 5.82 Å². The highest BCUT2D eigenvalue weighted by atomic mass is 16.1. The van der Waals surface area contributed by atoms with Crippen molar-refractivity contribution in [1.29, 1.82) is 0 Å². The largest absolute Gasteiger partial charge is 0.306 e. The maximum atomic E-state index is 12.2. The van der Waals surface area contributed by atoms with E-state index < -0.39 is 0 Å². The molecule has 0 fully saturated rings. The third kappa shape index (κ3) is 2.38. The summed E-state index contributed by atoms with van der Waals surface area (Å²) in [4.78, 5) is 16.2. The minimum absolute atomic E-state index is 0.131. The minimum atomic E-state index is -0.257. The summed E-state index contributed by atoms with van der Waals surface area (Å²) in [5.41, 5.74) is 2.55. The fraction of sp³-hybridized carbons (Fsp3) is 0.333. The van der Waals surface area contributed by atoms with Crippen LogP contribution in [0.25, 0.3) is 0 Å². The standard InChI is InChI=1S/C12H16N4O/c1-12(2,3)16-9-6-13-10(11(16)17)14-15-7-4-5-8-15/h4-9H,1-3H3,(H,13,14). The van der Waals surface area contributed by atoms with E-state index in [0.717, 1.165) is 0 Å². The highest BCUT2D eigenvalue weighted by Crippen LogP contribution is 2.10. The summed E-state index contributed by atoms with van der Waals surface area (Å²) in [6.07, 6.45) is 6.95. The van der Waals surface area contributed by atoms with Gasteiger partial charge in [0.2, 0.25) is 5.82 Å². The van der Waals surface area contributed by atoms with Crippen molar-refractivity contribution in [3.05, 3.63) is 47.3 Å². The van der Waals surface area contributed by atoms with Crippen LogP contribution in [0.3, 0.4) is 0 Å². The summed E-state index contributed by atoms with van der Waals surface area (Å²) in [6.45, 7) is 5.94. The number of hydrogen-bond donors (Lipinski definition) is 1. The van der Waals surface area contributed by atoms with E-state index in [1.54, 1.807) is 21.6 Å². The normalized spacial score (nSPS) is 11.5. The molecule has 0 aromatic carbocycles. The van der Waals surface area contributed by atoms with E-state index in [1.165, 1.54) is 0 Å². The van der Waals surface area contributed by atoms with Crippen LogP contribution in [0, 0.1) is 0 Å². The van der Waals surface area contributed by atoms with Gasteiger partial charge >= 0.3 is 0 Å². The molecular weight excluding hydrogens is 216 g/mol. The van der Waals surface area contributed by atoms with Gasteiger partial charge in [-0.25, -0.2) is 4.98 Å². The van der Waals surface area contributed by atoms with Crippen molar-refractivity contribution in [2.45, 2.75) is 26.3 Å². The number of nitrogens with zero attached hydrogens (tertiary/aromatic N) is 3. The molecule has 0 atom stereocenters. The second-order valence-electron chi connectivity index (χ2n) is 4.82. The van der Waals surface area contributed by atoms with Gasteiger partial charge in [0.05, 0.1) is 0 Å². The molecule has 0 saturated heterocycles. The lowest BCUT2D eigenvalue weighted by molar-refractivity contribution is 0.383. The topological polar surface area (TPSA) is 51.9 Å². The van der Waals surface area contributed by atoms with Crippen LogP contribution in [0.1, 0.15) is 20.8 Å². The summed E-state index contributed by atoms with van der Waals surface area (Å²) < 4.78 is 3.35. The van der Waals surface area contributed by atoms with Crippen molar-refractivity contribution >= 4 is 5.82 Å². The summed E-state index contributed by atoms with van der Waals surface area (Å²) in [6, 6.07) is 3.75. The lowest BCUT2D eigenvalue weighted by atomic mass is 10.1. The van der Waals surface area contributed by atoms with Gasteiger partial charge in [-0.1, -0.05) is 0 Å². The van der Waals surface area contributed by atoms with Crippen molar-refractivity contribution < 1.29 is 0 Å². The summed E-state index contributed by atoms with van der Waals surface area (Å²) >= 11 is 0. The zero-order valence-corrected chi connectivity index (χ0v) is 10.2. The van der Waals surface area contributed by atoms with Crippen molar-refractivity contribution in [2.24, 2.45) is 0 Å². The highest BCUT2D eigenvalue weighted by molar-refractivity contribution is 5.31. The summed E-state index contributed by atoms with van der Waals surface area (Å²) in [5.74, 6) is 0.318. The molecule has 5 heteroatoms. The van der Waals surface area contributed by atoms with Gasteiger partial charge < -0.3 is 4.57 Å². The molecular formula is C12H16N4O. The molecule has 2 aromatic heterocycles. The number of aromatic nitrogens is 3. The smallest absolute Gasteiger partial charge is 0.295 e. The van der Waals surface area contributed by atoms with Crippen LogP contribution >= 0.6 is 0 Å². The molecule has 5 nitrogen and oxygen atoms in total. The summed E-state index contributed by atoms with van der Waals surface area (Å²) in [5, 5.41) is 0. The molecule has 17 heavy (non-hydrogen) atoms. The van der Waals surface area contributed by atoms with E-state index >= 15 is 0 Å². The molecule has 2 heterocycles. The molecule has 0 unspecified atom stereocenters.